The van der Waals surface area contributed by atoms with E-state index in [1.807, 2.05) is 6.07 Å². The number of hydrogen-bond donors (Lipinski definition) is 5. The molecule has 36 heavy (non-hydrogen) atoms. The lowest BCUT2D eigenvalue weighted by molar-refractivity contribution is -0.120. The van der Waals surface area contributed by atoms with Crippen LogP contribution in [0, 0.1) is 11.6 Å². The Morgan fingerprint density at radius 3 is 2.31 bits per heavy atom. The summed E-state index contributed by atoms with van der Waals surface area (Å²) in [5.74, 6) is -1.74. The number of hydroxylamine groups is 1. The molecule has 0 heterocycles. The molecule has 5 N–H and O–H groups in total. The Hall–Kier alpha value is -2.39. The predicted octanol–water partition coefficient (Wildman–Crippen LogP) is 4.08. The lowest BCUT2D eigenvalue weighted by atomic mass is 9.73. The molecule has 1 fully saturated rings. The fourth-order valence-electron chi connectivity index (χ4n) is 5.06. The summed E-state index contributed by atoms with van der Waals surface area (Å²) in [5.41, 5.74) is 4.59. The van der Waals surface area contributed by atoms with Crippen LogP contribution in [0.25, 0.3) is 0 Å². The zero-order chi connectivity index (χ0) is 26.5. The topological polar surface area (TPSA) is 93.6 Å². The number of benzene rings is 2. The lowest BCUT2D eigenvalue weighted by Crippen LogP contribution is -2.54. The van der Waals surface area contributed by atoms with E-state index in [0.717, 1.165) is 37.3 Å². The van der Waals surface area contributed by atoms with Crippen LogP contribution in [0.2, 0.25) is 0 Å². The average molecular weight is 504 g/mol. The molecule has 1 aliphatic carbocycles. The number of rotatable bonds is 9. The van der Waals surface area contributed by atoms with E-state index in [2.05, 4.69) is 55.1 Å². The van der Waals surface area contributed by atoms with Gasteiger partial charge in [-0.2, -0.15) is 0 Å². The zero-order valence-corrected chi connectivity index (χ0v) is 21.6. The number of aliphatic hydroxyl groups is 1. The molecule has 198 valence electrons. The second-order valence-electron chi connectivity index (χ2n) is 11.1. The molecule has 2 atom stereocenters. The van der Waals surface area contributed by atoms with Gasteiger partial charge in [0.2, 0.25) is 5.91 Å². The molecular weight excluding hydrogens is 464 g/mol. The SMILES string of the molecule is CC(=O)N[C@@H](Cc1cc(F)cc(F)c1)[C@H](O)CNC1(c2cccc(C(C)(C)C)c2)CCC(NO)CC1. The van der Waals surface area contributed by atoms with E-state index in [-0.39, 0.29) is 30.3 Å². The van der Waals surface area contributed by atoms with Gasteiger partial charge < -0.3 is 20.9 Å². The summed E-state index contributed by atoms with van der Waals surface area (Å²) in [6.45, 7) is 8.00. The van der Waals surface area contributed by atoms with E-state index in [0.29, 0.717) is 5.56 Å². The second-order valence-corrected chi connectivity index (χ2v) is 11.1. The Kier molecular flexibility index (Phi) is 9.22. The lowest BCUT2D eigenvalue weighted by Gasteiger charge is -2.42. The normalized spacial score (nSPS) is 22.2. The third-order valence-electron chi connectivity index (χ3n) is 7.18. The molecule has 0 bridgehead atoms. The summed E-state index contributed by atoms with van der Waals surface area (Å²) in [5, 5.41) is 26.9. The highest BCUT2D eigenvalue weighted by molar-refractivity contribution is 5.73. The minimum atomic E-state index is -1.00. The van der Waals surface area contributed by atoms with Crippen LogP contribution >= 0.6 is 0 Å². The molecule has 1 saturated carbocycles. The van der Waals surface area contributed by atoms with Crippen molar-refractivity contribution >= 4 is 5.91 Å². The van der Waals surface area contributed by atoms with Crippen molar-refractivity contribution in [1.29, 1.82) is 0 Å². The zero-order valence-electron chi connectivity index (χ0n) is 21.6. The van der Waals surface area contributed by atoms with Gasteiger partial charge in [-0.1, -0.05) is 45.0 Å². The van der Waals surface area contributed by atoms with Gasteiger partial charge in [0, 0.05) is 31.1 Å². The van der Waals surface area contributed by atoms with Gasteiger partial charge in [0.25, 0.3) is 0 Å². The van der Waals surface area contributed by atoms with Crippen LogP contribution in [0.15, 0.2) is 42.5 Å². The summed E-state index contributed by atoms with van der Waals surface area (Å²) in [6, 6.07) is 10.9. The van der Waals surface area contributed by atoms with E-state index in [4.69, 9.17) is 0 Å². The van der Waals surface area contributed by atoms with E-state index < -0.39 is 29.3 Å². The average Bonchev–Trinajstić information content (AvgIpc) is 2.81. The maximum Gasteiger partial charge on any atom is 0.217 e. The molecule has 1 amide bonds. The van der Waals surface area contributed by atoms with Gasteiger partial charge in [0.15, 0.2) is 0 Å². The molecule has 0 unspecified atom stereocenters. The first-order chi connectivity index (χ1) is 16.9. The minimum Gasteiger partial charge on any atom is -0.390 e. The van der Waals surface area contributed by atoms with Crippen molar-refractivity contribution in [2.24, 2.45) is 0 Å². The van der Waals surface area contributed by atoms with Gasteiger partial charge in [-0.15, -0.1) is 0 Å². The summed E-state index contributed by atoms with van der Waals surface area (Å²) in [7, 11) is 0. The largest absolute Gasteiger partial charge is 0.390 e. The van der Waals surface area contributed by atoms with Gasteiger partial charge in [-0.05, 0) is 66.3 Å². The van der Waals surface area contributed by atoms with Gasteiger partial charge in [-0.3, -0.25) is 4.79 Å². The number of carbonyl (C=O) groups is 1. The van der Waals surface area contributed by atoms with Gasteiger partial charge in [0.1, 0.15) is 11.6 Å². The standard InChI is InChI=1S/C28H39F2N3O3/c1-18(34)32-25(14-19-12-22(29)16-23(30)13-19)26(35)17-31-28(10-8-24(33-36)9-11-28)21-7-5-6-20(15-21)27(2,3)4/h5-7,12-13,15-16,24-26,31,33,35-36H,8-11,14,17H2,1-4H3,(H,32,34)/t24?,25-,26+,28?/m0/s1. The van der Waals surface area contributed by atoms with Crippen LogP contribution in [-0.2, 0) is 22.2 Å². The maximum absolute atomic E-state index is 13.7. The molecule has 0 spiro atoms. The number of carbonyl (C=O) groups excluding carboxylic acids is 1. The van der Waals surface area contributed by atoms with Gasteiger partial charge in [-0.25, -0.2) is 14.3 Å². The van der Waals surface area contributed by atoms with Crippen molar-refractivity contribution < 1.29 is 23.9 Å². The second kappa shape index (κ2) is 11.8. The smallest absolute Gasteiger partial charge is 0.217 e. The Balaban J connectivity index is 1.83. The molecule has 2 aromatic rings. The van der Waals surface area contributed by atoms with Gasteiger partial charge in [0.05, 0.1) is 12.1 Å². The molecule has 0 radical (unpaired) electrons. The van der Waals surface area contributed by atoms with Crippen LogP contribution in [0.1, 0.15) is 70.1 Å². The predicted molar refractivity (Wildman–Crippen MR) is 136 cm³/mol. The first-order valence-electron chi connectivity index (χ1n) is 12.6. The minimum absolute atomic E-state index is 0.00523. The number of aliphatic hydroxyl groups excluding tert-OH is 1. The number of amides is 1. The Morgan fingerprint density at radius 2 is 1.75 bits per heavy atom. The van der Waals surface area contributed by atoms with E-state index in [1.54, 1.807) is 0 Å². The Morgan fingerprint density at radius 1 is 1.11 bits per heavy atom. The monoisotopic (exact) mass is 503 g/mol. The van der Waals surface area contributed by atoms with E-state index in [1.165, 1.54) is 24.6 Å². The molecule has 0 aliphatic heterocycles. The number of halogens is 2. The Bertz CT molecular complexity index is 1010. The van der Waals surface area contributed by atoms with Gasteiger partial charge >= 0.3 is 0 Å². The first-order valence-corrected chi connectivity index (χ1v) is 12.6. The fourth-order valence-corrected chi connectivity index (χ4v) is 5.06. The van der Waals surface area contributed by atoms with Crippen molar-refractivity contribution in [1.82, 2.24) is 16.1 Å². The van der Waals surface area contributed by atoms with Crippen LogP contribution < -0.4 is 16.1 Å². The third kappa shape index (κ3) is 7.32. The molecule has 1 aliphatic rings. The molecule has 3 rings (SSSR count). The highest BCUT2D eigenvalue weighted by Crippen LogP contribution is 2.39. The third-order valence-corrected chi connectivity index (χ3v) is 7.18. The number of nitrogens with one attached hydrogen (secondary N) is 3. The summed E-state index contributed by atoms with van der Waals surface area (Å²) in [6.07, 6.45) is 2.06. The molecule has 0 saturated heterocycles. The fraction of sp³-hybridized carbons (Fsp3) is 0.536. The Labute approximate surface area is 212 Å². The number of hydrogen-bond acceptors (Lipinski definition) is 5. The van der Waals surface area contributed by atoms with Crippen LogP contribution in [0.4, 0.5) is 8.78 Å². The molecule has 0 aromatic heterocycles. The molecule has 2 aromatic carbocycles. The summed E-state index contributed by atoms with van der Waals surface area (Å²) >= 11 is 0. The first kappa shape index (κ1) is 28.2. The highest BCUT2D eigenvalue weighted by atomic mass is 19.1. The van der Waals surface area contributed by atoms with Crippen LogP contribution in [0.3, 0.4) is 0 Å². The van der Waals surface area contributed by atoms with Crippen molar-refractivity contribution in [2.75, 3.05) is 6.54 Å². The summed E-state index contributed by atoms with van der Waals surface area (Å²) < 4.78 is 27.4. The maximum atomic E-state index is 13.7. The molecule has 8 heteroatoms. The summed E-state index contributed by atoms with van der Waals surface area (Å²) in [4.78, 5) is 11.9. The quantitative estimate of drug-likeness (QED) is 0.333. The molecular formula is C28H39F2N3O3. The molecule has 6 nitrogen and oxygen atoms in total. The van der Waals surface area contributed by atoms with Crippen LogP contribution in [0.5, 0.6) is 0 Å². The van der Waals surface area contributed by atoms with Crippen molar-refractivity contribution in [2.45, 2.75) is 88.9 Å². The van der Waals surface area contributed by atoms with Crippen molar-refractivity contribution in [3.63, 3.8) is 0 Å². The highest BCUT2D eigenvalue weighted by Gasteiger charge is 2.38. The van der Waals surface area contributed by atoms with E-state index in [9.17, 15) is 23.9 Å². The van der Waals surface area contributed by atoms with Crippen molar-refractivity contribution in [3.8, 4) is 0 Å². The van der Waals surface area contributed by atoms with Crippen LogP contribution in [-0.4, -0.2) is 41.0 Å². The van der Waals surface area contributed by atoms with E-state index >= 15 is 0 Å². The van der Waals surface area contributed by atoms with Crippen molar-refractivity contribution in [3.05, 3.63) is 70.8 Å².